The zero-order valence-electron chi connectivity index (χ0n) is 11.5. The molecular formula is C14H17N3O2S. The smallest absolute Gasteiger partial charge is 0.335 e. The molecule has 1 aromatic heterocycles. The third-order valence-corrected chi connectivity index (χ3v) is 3.57. The van der Waals surface area contributed by atoms with E-state index in [0.717, 1.165) is 17.8 Å². The first-order valence-electron chi connectivity index (χ1n) is 6.41. The van der Waals surface area contributed by atoms with Crippen molar-refractivity contribution in [2.24, 2.45) is 5.92 Å². The molecule has 5 nitrogen and oxygen atoms in total. The van der Waals surface area contributed by atoms with E-state index in [4.69, 9.17) is 5.11 Å². The van der Waals surface area contributed by atoms with Crippen molar-refractivity contribution in [1.29, 1.82) is 0 Å². The van der Waals surface area contributed by atoms with Gasteiger partial charge in [0.1, 0.15) is 5.82 Å². The van der Waals surface area contributed by atoms with E-state index in [9.17, 15) is 4.79 Å². The van der Waals surface area contributed by atoms with Gasteiger partial charge in [0.05, 0.1) is 5.56 Å². The molecule has 2 rings (SSSR count). The van der Waals surface area contributed by atoms with Crippen LogP contribution in [0.2, 0.25) is 0 Å². The second kappa shape index (κ2) is 6.56. The molecule has 20 heavy (non-hydrogen) atoms. The van der Waals surface area contributed by atoms with E-state index in [0.29, 0.717) is 22.4 Å². The molecule has 0 atom stereocenters. The van der Waals surface area contributed by atoms with Gasteiger partial charge < -0.3 is 5.11 Å². The summed E-state index contributed by atoms with van der Waals surface area (Å²) < 4.78 is 0. The predicted octanol–water partition coefficient (Wildman–Crippen LogP) is 2.99. The quantitative estimate of drug-likeness (QED) is 0.800. The SMILES string of the molecule is CC(C)Cc1nc(SCc2cccc(C(=O)O)c2)n[nH]1. The van der Waals surface area contributed by atoms with Gasteiger partial charge in [-0.2, -0.15) is 0 Å². The lowest BCUT2D eigenvalue weighted by atomic mass is 10.1. The number of nitrogens with one attached hydrogen (secondary N) is 1. The Hall–Kier alpha value is -1.82. The number of thioether (sulfide) groups is 1. The zero-order chi connectivity index (χ0) is 14.5. The maximum absolute atomic E-state index is 10.9. The van der Waals surface area contributed by atoms with Crippen LogP contribution in [0.4, 0.5) is 0 Å². The minimum atomic E-state index is -0.908. The van der Waals surface area contributed by atoms with Gasteiger partial charge in [0.15, 0.2) is 0 Å². The van der Waals surface area contributed by atoms with E-state index in [1.165, 1.54) is 11.8 Å². The van der Waals surface area contributed by atoms with Crippen molar-refractivity contribution >= 4 is 17.7 Å². The second-order valence-electron chi connectivity index (χ2n) is 4.96. The molecular weight excluding hydrogens is 274 g/mol. The van der Waals surface area contributed by atoms with Crippen LogP contribution in [0.5, 0.6) is 0 Å². The number of H-pyrrole nitrogens is 1. The van der Waals surface area contributed by atoms with Crippen LogP contribution in [-0.2, 0) is 12.2 Å². The van der Waals surface area contributed by atoms with E-state index in [1.807, 2.05) is 6.07 Å². The van der Waals surface area contributed by atoms with Gasteiger partial charge in [-0.25, -0.2) is 9.78 Å². The number of hydrogen-bond donors (Lipinski definition) is 2. The first-order valence-corrected chi connectivity index (χ1v) is 7.39. The van der Waals surface area contributed by atoms with Crippen molar-refractivity contribution in [3.63, 3.8) is 0 Å². The summed E-state index contributed by atoms with van der Waals surface area (Å²) in [7, 11) is 0. The van der Waals surface area contributed by atoms with Gasteiger partial charge in [-0.1, -0.05) is 37.7 Å². The number of aromatic amines is 1. The number of hydrogen-bond acceptors (Lipinski definition) is 4. The highest BCUT2D eigenvalue weighted by molar-refractivity contribution is 7.98. The van der Waals surface area contributed by atoms with Crippen molar-refractivity contribution in [3.8, 4) is 0 Å². The standard InChI is InChI=1S/C14H17N3O2S/c1-9(2)6-12-15-14(17-16-12)20-8-10-4-3-5-11(7-10)13(18)19/h3-5,7,9H,6,8H2,1-2H3,(H,18,19)(H,15,16,17). The molecule has 2 N–H and O–H groups in total. The lowest BCUT2D eigenvalue weighted by Gasteiger charge is -2.00. The molecule has 2 aromatic rings. The van der Waals surface area contributed by atoms with Crippen LogP contribution in [0.25, 0.3) is 0 Å². The Balaban J connectivity index is 1.96. The van der Waals surface area contributed by atoms with Crippen molar-refractivity contribution in [2.75, 3.05) is 0 Å². The molecule has 0 bridgehead atoms. The van der Waals surface area contributed by atoms with E-state index in [2.05, 4.69) is 29.0 Å². The summed E-state index contributed by atoms with van der Waals surface area (Å²) in [6, 6.07) is 6.92. The first-order chi connectivity index (χ1) is 9.54. The van der Waals surface area contributed by atoms with Gasteiger partial charge in [0.2, 0.25) is 5.16 Å². The summed E-state index contributed by atoms with van der Waals surface area (Å²) in [4.78, 5) is 15.3. The highest BCUT2D eigenvalue weighted by atomic mass is 32.2. The van der Waals surface area contributed by atoms with E-state index < -0.39 is 5.97 Å². The molecule has 0 saturated carbocycles. The fourth-order valence-corrected chi connectivity index (χ4v) is 2.52. The monoisotopic (exact) mass is 291 g/mol. The highest BCUT2D eigenvalue weighted by Gasteiger charge is 2.07. The zero-order valence-corrected chi connectivity index (χ0v) is 12.3. The lowest BCUT2D eigenvalue weighted by molar-refractivity contribution is 0.0697. The summed E-state index contributed by atoms with van der Waals surface area (Å²) in [5.74, 6) is 1.17. The number of benzene rings is 1. The minimum Gasteiger partial charge on any atom is -0.478 e. The Morgan fingerprint density at radius 2 is 2.25 bits per heavy atom. The average Bonchev–Trinajstić information content (AvgIpc) is 2.83. The molecule has 0 aliphatic rings. The summed E-state index contributed by atoms with van der Waals surface area (Å²) in [5.41, 5.74) is 1.25. The molecule has 0 fully saturated rings. The molecule has 0 saturated heterocycles. The maximum atomic E-state index is 10.9. The van der Waals surface area contributed by atoms with Crippen molar-refractivity contribution in [1.82, 2.24) is 15.2 Å². The van der Waals surface area contributed by atoms with E-state index >= 15 is 0 Å². The predicted molar refractivity (Wildman–Crippen MR) is 77.9 cm³/mol. The van der Waals surface area contributed by atoms with Crippen LogP contribution < -0.4 is 0 Å². The third-order valence-electron chi connectivity index (χ3n) is 2.65. The average molecular weight is 291 g/mol. The van der Waals surface area contributed by atoms with Crippen LogP contribution >= 0.6 is 11.8 Å². The van der Waals surface area contributed by atoms with Gasteiger partial charge in [-0.15, -0.1) is 5.10 Å². The number of rotatable bonds is 6. The largest absolute Gasteiger partial charge is 0.478 e. The molecule has 6 heteroatoms. The first kappa shape index (κ1) is 14.6. The van der Waals surface area contributed by atoms with E-state index in [-0.39, 0.29) is 0 Å². The van der Waals surface area contributed by atoms with Crippen molar-refractivity contribution < 1.29 is 9.90 Å². The minimum absolute atomic E-state index is 0.304. The molecule has 1 heterocycles. The number of carbonyl (C=O) groups is 1. The Morgan fingerprint density at radius 3 is 2.95 bits per heavy atom. The number of aromatic nitrogens is 3. The molecule has 0 radical (unpaired) electrons. The van der Waals surface area contributed by atoms with Crippen molar-refractivity contribution in [2.45, 2.75) is 31.2 Å². The summed E-state index contributed by atoms with van der Waals surface area (Å²) in [6.07, 6.45) is 0.877. The molecule has 0 aliphatic heterocycles. The number of nitrogens with zero attached hydrogens (tertiary/aromatic N) is 2. The van der Waals surface area contributed by atoms with Crippen LogP contribution in [0.15, 0.2) is 29.4 Å². The number of carboxylic acids is 1. The maximum Gasteiger partial charge on any atom is 0.335 e. The van der Waals surface area contributed by atoms with E-state index in [1.54, 1.807) is 18.2 Å². The molecule has 106 valence electrons. The molecule has 0 unspecified atom stereocenters. The summed E-state index contributed by atoms with van der Waals surface area (Å²) in [5, 5.41) is 16.7. The molecule has 0 aliphatic carbocycles. The lowest BCUT2D eigenvalue weighted by Crippen LogP contribution is -1.96. The Kier molecular flexibility index (Phi) is 4.79. The summed E-state index contributed by atoms with van der Waals surface area (Å²) in [6.45, 7) is 4.26. The molecule has 0 amide bonds. The number of carboxylic acid groups (broad SMARTS) is 1. The highest BCUT2D eigenvalue weighted by Crippen LogP contribution is 2.20. The van der Waals surface area contributed by atoms with Gasteiger partial charge >= 0.3 is 5.97 Å². The van der Waals surface area contributed by atoms with Crippen LogP contribution in [-0.4, -0.2) is 26.3 Å². The second-order valence-corrected chi connectivity index (χ2v) is 5.90. The van der Waals surface area contributed by atoms with Gasteiger partial charge in [-0.3, -0.25) is 5.10 Å². The fraction of sp³-hybridized carbons (Fsp3) is 0.357. The van der Waals surface area contributed by atoms with Gasteiger partial charge in [-0.05, 0) is 23.6 Å². The summed E-state index contributed by atoms with van der Waals surface area (Å²) >= 11 is 1.50. The Morgan fingerprint density at radius 1 is 1.45 bits per heavy atom. The normalized spacial score (nSPS) is 10.9. The number of aromatic carboxylic acids is 1. The Bertz CT molecular complexity index is 596. The molecule has 1 aromatic carbocycles. The van der Waals surface area contributed by atoms with Crippen molar-refractivity contribution in [3.05, 3.63) is 41.2 Å². The van der Waals surface area contributed by atoms with Crippen LogP contribution in [0, 0.1) is 5.92 Å². The van der Waals surface area contributed by atoms with Gasteiger partial charge in [0.25, 0.3) is 0 Å². The van der Waals surface area contributed by atoms with Gasteiger partial charge in [0, 0.05) is 12.2 Å². The topological polar surface area (TPSA) is 78.9 Å². The molecule has 0 spiro atoms. The Labute approximate surface area is 121 Å². The third kappa shape index (κ3) is 4.09. The fourth-order valence-electron chi connectivity index (χ4n) is 1.76. The van der Waals surface area contributed by atoms with Crippen LogP contribution in [0.1, 0.15) is 35.6 Å². The van der Waals surface area contributed by atoms with Crippen LogP contribution in [0.3, 0.4) is 0 Å².